The summed E-state index contributed by atoms with van der Waals surface area (Å²) in [7, 11) is 1.75. The van der Waals surface area contributed by atoms with E-state index in [1.807, 2.05) is 13.0 Å². The number of nitrogens with two attached hydrogens (primary N) is 1. The second-order valence-corrected chi connectivity index (χ2v) is 4.62. The Labute approximate surface area is 117 Å². The molecule has 0 bridgehead atoms. The van der Waals surface area contributed by atoms with E-state index in [1.165, 1.54) is 6.07 Å². The summed E-state index contributed by atoms with van der Waals surface area (Å²) in [6.07, 6.45) is 0. The molecule has 0 saturated heterocycles. The molecule has 0 radical (unpaired) electrons. The van der Waals surface area contributed by atoms with E-state index < -0.39 is 0 Å². The number of anilines is 3. The van der Waals surface area contributed by atoms with E-state index in [-0.39, 0.29) is 17.8 Å². The Morgan fingerprint density at radius 3 is 2.55 bits per heavy atom. The molecule has 1 heterocycles. The smallest absolute Gasteiger partial charge is 0.223 e. The minimum absolute atomic E-state index is 0.0934. The van der Waals surface area contributed by atoms with Crippen LogP contribution in [0.25, 0.3) is 0 Å². The number of halogens is 1. The van der Waals surface area contributed by atoms with Crippen molar-refractivity contribution in [2.75, 3.05) is 23.4 Å². The van der Waals surface area contributed by atoms with Crippen molar-refractivity contribution in [2.24, 2.45) is 0 Å². The van der Waals surface area contributed by atoms with E-state index in [4.69, 9.17) is 5.73 Å². The zero-order valence-corrected chi connectivity index (χ0v) is 11.7. The maximum Gasteiger partial charge on any atom is 0.223 e. The van der Waals surface area contributed by atoms with Crippen molar-refractivity contribution in [1.82, 2.24) is 9.97 Å². The maximum atomic E-state index is 13.6. The number of aryl methyl sites for hydroxylation is 1. The molecule has 1 unspecified atom stereocenters. The first-order valence-corrected chi connectivity index (χ1v) is 6.34. The molecule has 1 aromatic carbocycles. The second-order valence-electron chi connectivity index (χ2n) is 4.62. The first-order chi connectivity index (χ1) is 9.49. The molecule has 0 amide bonds. The number of nitrogen functional groups attached to an aromatic ring is 1. The number of nitrogens with one attached hydrogen (secondary N) is 2. The molecule has 1 aromatic heterocycles. The predicted molar refractivity (Wildman–Crippen MR) is 79.2 cm³/mol. The lowest BCUT2D eigenvalue weighted by Gasteiger charge is -2.16. The van der Waals surface area contributed by atoms with Gasteiger partial charge in [0.05, 0.1) is 6.04 Å². The fraction of sp³-hybridized carbons (Fsp3) is 0.286. The van der Waals surface area contributed by atoms with Gasteiger partial charge in [0.2, 0.25) is 5.95 Å². The van der Waals surface area contributed by atoms with Crippen LogP contribution in [0.3, 0.4) is 0 Å². The van der Waals surface area contributed by atoms with Gasteiger partial charge < -0.3 is 16.4 Å². The van der Waals surface area contributed by atoms with E-state index in [0.717, 1.165) is 5.56 Å². The van der Waals surface area contributed by atoms with Gasteiger partial charge in [-0.25, -0.2) is 4.39 Å². The Kier molecular flexibility index (Phi) is 4.02. The van der Waals surface area contributed by atoms with Crippen molar-refractivity contribution >= 4 is 17.6 Å². The monoisotopic (exact) mass is 275 g/mol. The fourth-order valence-electron chi connectivity index (χ4n) is 1.85. The number of nitrogens with zero attached hydrogens (tertiary/aromatic N) is 2. The molecular weight excluding hydrogens is 257 g/mol. The van der Waals surface area contributed by atoms with Crippen LogP contribution in [0.4, 0.5) is 22.0 Å². The average Bonchev–Trinajstić information content (AvgIpc) is 2.41. The topological polar surface area (TPSA) is 75.9 Å². The number of hydrogen-bond acceptors (Lipinski definition) is 5. The summed E-state index contributed by atoms with van der Waals surface area (Å²) in [5.41, 5.74) is 7.10. The van der Waals surface area contributed by atoms with Gasteiger partial charge in [0.15, 0.2) is 0 Å². The molecule has 0 spiro atoms. The van der Waals surface area contributed by atoms with Gasteiger partial charge in [-0.15, -0.1) is 0 Å². The normalized spacial score (nSPS) is 12.0. The van der Waals surface area contributed by atoms with Crippen LogP contribution in [-0.2, 0) is 0 Å². The number of hydrogen-bond donors (Lipinski definition) is 3. The molecule has 6 heteroatoms. The summed E-state index contributed by atoms with van der Waals surface area (Å²) in [6, 6.07) is 6.83. The highest BCUT2D eigenvalue weighted by Gasteiger charge is 2.09. The highest BCUT2D eigenvalue weighted by Crippen LogP contribution is 2.21. The molecule has 0 saturated carbocycles. The summed E-state index contributed by atoms with van der Waals surface area (Å²) in [5.74, 6) is 1.19. The average molecular weight is 275 g/mol. The van der Waals surface area contributed by atoms with Gasteiger partial charge in [0.25, 0.3) is 0 Å². The number of rotatable bonds is 4. The molecule has 0 aliphatic heterocycles. The Bertz CT molecular complexity index is 615. The van der Waals surface area contributed by atoms with Crippen LogP contribution in [-0.4, -0.2) is 17.0 Å². The molecule has 2 aromatic rings. The molecule has 2 rings (SSSR count). The van der Waals surface area contributed by atoms with Crippen molar-refractivity contribution in [3.63, 3.8) is 0 Å². The Balaban J connectivity index is 2.20. The molecule has 20 heavy (non-hydrogen) atoms. The Hall–Kier alpha value is -2.37. The number of aromatic nitrogens is 2. The summed E-state index contributed by atoms with van der Waals surface area (Å²) in [6.45, 7) is 3.67. The Morgan fingerprint density at radius 2 is 1.90 bits per heavy atom. The summed E-state index contributed by atoms with van der Waals surface area (Å²) in [4.78, 5) is 8.12. The highest BCUT2D eigenvalue weighted by atomic mass is 19.1. The lowest BCUT2D eigenvalue weighted by molar-refractivity contribution is 0.614. The molecule has 106 valence electrons. The van der Waals surface area contributed by atoms with Crippen molar-refractivity contribution in [2.45, 2.75) is 19.9 Å². The van der Waals surface area contributed by atoms with Crippen LogP contribution >= 0.6 is 0 Å². The SMILES string of the molecule is CNc1cc(NC(C)c2ccc(C)c(F)c2)nc(N)n1. The van der Waals surface area contributed by atoms with Gasteiger partial charge >= 0.3 is 0 Å². The maximum absolute atomic E-state index is 13.6. The lowest BCUT2D eigenvalue weighted by Crippen LogP contribution is -2.10. The quantitative estimate of drug-likeness (QED) is 0.800. The predicted octanol–water partition coefficient (Wildman–Crippen LogP) is 2.72. The third-order valence-corrected chi connectivity index (χ3v) is 3.06. The molecule has 0 aliphatic carbocycles. The van der Waals surface area contributed by atoms with Crippen molar-refractivity contribution in [3.8, 4) is 0 Å². The van der Waals surface area contributed by atoms with Crippen molar-refractivity contribution in [3.05, 3.63) is 41.2 Å². The summed E-state index contributed by atoms with van der Waals surface area (Å²) >= 11 is 0. The first-order valence-electron chi connectivity index (χ1n) is 6.34. The van der Waals surface area contributed by atoms with E-state index in [1.54, 1.807) is 26.1 Å². The van der Waals surface area contributed by atoms with Crippen molar-refractivity contribution in [1.29, 1.82) is 0 Å². The zero-order valence-electron chi connectivity index (χ0n) is 11.7. The largest absolute Gasteiger partial charge is 0.373 e. The van der Waals surface area contributed by atoms with Crippen LogP contribution < -0.4 is 16.4 Å². The van der Waals surface area contributed by atoms with Gasteiger partial charge in [-0.3, -0.25) is 0 Å². The van der Waals surface area contributed by atoms with E-state index >= 15 is 0 Å². The van der Waals surface area contributed by atoms with Crippen LogP contribution in [0.1, 0.15) is 24.1 Å². The molecule has 0 fully saturated rings. The molecule has 1 atom stereocenters. The van der Waals surface area contributed by atoms with Gasteiger partial charge in [-0.2, -0.15) is 9.97 Å². The van der Waals surface area contributed by atoms with Crippen LogP contribution in [0, 0.1) is 12.7 Å². The first kappa shape index (κ1) is 14.0. The van der Waals surface area contributed by atoms with E-state index in [0.29, 0.717) is 17.2 Å². The molecule has 4 N–H and O–H groups in total. The molecule has 0 aliphatic rings. The molecule has 5 nitrogen and oxygen atoms in total. The fourth-order valence-corrected chi connectivity index (χ4v) is 1.85. The minimum Gasteiger partial charge on any atom is -0.373 e. The summed E-state index contributed by atoms with van der Waals surface area (Å²) in [5, 5.41) is 6.09. The molecular formula is C14H18FN5. The van der Waals surface area contributed by atoms with Crippen molar-refractivity contribution < 1.29 is 4.39 Å². The lowest BCUT2D eigenvalue weighted by atomic mass is 10.1. The van der Waals surface area contributed by atoms with Gasteiger partial charge in [-0.05, 0) is 31.0 Å². The van der Waals surface area contributed by atoms with Gasteiger partial charge in [0, 0.05) is 13.1 Å². The zero-order chi connectivity index (χ0) is 14.7. The minimum atomic E-state index is -0.214. The van der Waals surface area contributed by atoms with Crippen LogP contribution in [0.5, 0.6) is 0 Å². The van der Waals surface area contributed by atoms with Crippen LogP contribution in [0.2, 0.25) is 0 Å². The van der Waals surface area contributed by atoms with Gasteiger partial charge in [0.1, 0.15) is 17.5 Å². The van der Waals surface area contributed by atoms with Gasteiger partial charge in [-0.1, -0.05) is 12.1 Å². The van der Waals surface area contributed by atoms with Crippen LogP contribution in [0.15, 0.2) is 24.3 Å². The second kappa shape index (κ2) is 5.73. The summed E-state index contributed by atoms with van der Waals surface area (Å²) < 4.78 is 13.6. The van der Waals surface area contributed by atoms with E-state index in [9.17, 15) is 4.39 Å². The number of benzene rings is 1. The highest BCUT2D eigenvalue weighted by molar-refractivity contribution is 5.51. The standard InChI is InChI=1S/C14H18FN5/c1-8-4-5-10(6-11(8)15)9(2)18-13-7-12(17-3)19-14(16)20-13/h4-7,9H,1-3H3,(H4,16,17,18,19,20). The third kappa shape index (κ3) is 3.14. The Morgan fingerprint density at radius 1 is 1.20 bits per heavy atom. The van der Waals surface area contributed by atoms with E-state index in [2.05, 4.69) is 20.6 Å². The third-order valence-electron chi connectivity index (χ3n) is 3.06.